The largest absolute Gasteiger partial charge is 0.246 e. The van der Waals surface area contributed by atoms with Gasteiger partial charge >= 0.3 is 0 Å². The number of thiol groups is 1. The van der Waals surface area contributed by atoms with Crippen molar-refractivity contribution in [2.45, 2.75) is 54.9 Å². The number of nitrogens with zero attached hydrogens (tertiary/aromatic N) is 5. The fourth-order valence-electron chi connectivity index (χ4n) is 5.63. The quantitative estimate of drug-likeness (QED) is 0.631. The van der Waals surface area contributed by atoms with Gasteiger partial charge in [-0.3, -0.25) is 0 Å². The van der Waals surface area contributed by atoms with E-state index in [9.17, 15) is 0 Å². The SMILES string of the molecule is CCN(C)[SH]1(N(C)CC)(N(C)CC)N(CC)CC(C)CC(C)CN1CC. The van der Waals surface area contributed by atoms with Gasteiger partial charge in [-0.1, -0.05) is 58.6 Å². The summed E-state index contributed by atoms with van der Waals surface area (Å²) < 4.78 is 13.9. The molecule has 0 saturated carbocycles. The normalized spacial score (nSPS) is 29.5. The van der Waals surface area contributed by atoms with E-state index >= 15 is 0 Å². The van der Waals surface area contributed by atoms with Crippen LogP contribution in [-0.4, -0.2) is 88.5 Å². The van der Waals surface area contributed by atoms with Crippen LogP contribution < -0.4 is 0 Å². The van der Waals surface area contributed by atoms with E-state index in [-0.39, 0.29) is 0 Å². The maximum Gasteiger partial charge on any atom is 0.0127 e. The first-order valence-electron chi connectivity index (χ1n) is 10.9. The van der Waals surface area contributed by atoms with E-state index in [1.165, 1.54) is 19.5 Å². The Morgan fingerprint density at radius 3 is 1.23 bits per heavy atom. The molecule has 2 atom stereocenters. The summed E-state index contributed by atoms with van der Waals surface area (Å²) in [5, 5.41) is 0. The molecule has 2 unspecified atom stereocenters. The molecule has 0 amide bonds. The first-order chi connectivity index (χ1) is 12.2. The van der Waals surface area contributed by atoms with Crippen molar-refractivity contribution in [3.05, 3.63) is 0 Å². The minimum absolute atomic E-state index is 0.728. The third-order valence-electron chi connectivity index (χ3n) is 6.80. The topological polar surface area (TPSA) is 16.2 Å². The minimum atomic E-state index is -2.82. The highest BCUT2D eigenvalue weighted by Crippen LogP contribution is 2.79. The molecule has 0 N–H and O–H groups in total. The molecule has 0 aromatic heterocycles. The summed E-state index contributed by atoms with van der Waals surface area (Å²) in [6.07, 6.45) is 1.32. The average molecular weight is 392 g/mol. The van der Waals surface area contributed by atoms with Crippen molar-refractivity contribution in [1.82, 2.24) is 21.5 Å². The molecule has 0 spiro atoms. The third kappa shape index (κ3) is 3.35. The van der Waals surface area contributed by atoms with E-state index in [0.29, 0.717) is 0 Å². The molecule has 0 bridgehead atoms. The Bertz CT molecular complexity index is 381. The lowest BCUT2D eigenvalue weighted by molar-refractivity contribution is 0.180. The van der Waals surface area contributed by atoms with Gasteiger partial charge in [0.1, 0.15) is 0 Å². The summed E-state index contributed by atoms with van der Waals surface area (Å²) in [4.78, 5) is 0. The molecule has 1 rings (SSSR count). The van der Waals surface area contributed by atoms with E-state index in [4.69, 9.17) is 0 Å². The first kappa shape index (κ1) is 24.2. The zero-order valence-electron chi connectivity index (χ0n) is 19.5. The molecule has 1 saturated heterocycles. The molecule has 1 aliphatic heterocycles. The van der Waals surface area contributed by atoms with E-state index in [1.54, 1.807) is 0 Å². The van der Waals surface area contributed by atoms with Gasteiger partial charge in [0.15, 0.2) is 0 Å². The van der Waals surface area contributed by atoms with Crippen LogP contribution in [0.25, 0.3) is 0 Å². The van der Waals surface area contributed by atoms with Gasteiger partial charge < -0.3 is 0 Å². The lowest BCUT2D eigenvalue weighted by Gasteiger charge is -2.84. The van der Waals surface area contributed by atoms with Gasteiger partial charge in [-0.25, -0.2) is 21.5 Å². The lowest BCUT2D eigenvalue weighted by Crippen LogP contribution is -2.72. The van der Waals surface area contributed by atoms with Crippen LogP contribution in [0.15, 0.2) is 0 Å². The van der Waals surface area contributed by atoms with Crippen molar-refractivity contribution in [2.24, 2.45) is 11.8 Å². The second-order valence-electron chi connectivity index (χ2n) is 8.27. The standard InChI is InChI=1S/C20H49N5S/c1-11-21(8)26(22(9)12-2,23(10)13-3)24(14-4)17-19(6)16-20(7)18-25(26)15-5/h19-20,26H,11-18H2,1-10H3. The maximum atomic E-state index is 2.88. The third-order valence-corrected chi connectivity index (χ3v) is 14.2. The van der Waals surface area contributed by atoms with Gasteiger partial charge in [-0.15, -0.1) is 0 Å². The molecule has 6 heteroatoms. The Morgan fingerprint density at radius 1 is 0.692 bits per heavy atom. The number of hydrogen-bond acceptors (Lipinski definition) is 5. The summed E-state index contributed by atoms with van der Waals surface area (Å²) >= 11 is 0. The van der Waals surface area contributed by atoms with Crippen LogP contribution in [0, 0.1) is 11.8 Å². The van der Waals surface area contributed by atoms with Gasteiger partial charge in [0.05, 0.1) is 0 Å². The van der Waals surface area contributed by atoms with Gasteiger partial charge in [0.2, 0.25) is 0 Å². The molecule has 0 aromatic carbocycles. The Balaban J connectivity index is 3.94. The van der Waals surface area contributed by atoms with Crippen LogP contribution in [0.2, 0.25) is 0 Å². The molecule has 26 heavy (non-hydrogen) atoms. The van der Waals surface area contributed by atoms with E-state index < -0.39 is 10.1 Å². The van der Waals surface area contributed by atoms with Gasteiger partial charge in [-0.05, 0) is 39.4 Å². The van der Waals surface area contributed by atoms with Crippen LogP contribution >= 0.6 is 10.1 Å². The van der Waals surface area contributed by atoms with Crippen LogP contribution in [0.5, 0.6) is 0 Å². The van der Waals surface area contributed by atoms with Crippen molar-refractivity contribution in [3.8, 4) is 0 Å². The summed E-state index contributed by atoms with van der Waals surface area (Å²) in [5.41, 5.74) is 0. The van der Waals surface area contributed by atoms with Gasteiger partial charge in [0, 0.05) is 45.8 Å². The molecule has 1 fully saturated rings. The van der Waals surface area contributed by atoms with Crippen LogP contribution in [0.3, 0.4) is 0 Å². The minimum Gasteiger partial charge on any atom is -0.246 e. The fraction of sp³-hybridized carbons (Fsp3) is 1.00. The van der Waals surface area contributed by atoms with Gasteiger partial charge in [-0.2, -0.15) is 0 Å². The fourth-order valence-corrected chi connectivity index (χ4v) is 13.8. The second-order valence-corrected chi connectivity index (χ2v) is 13.2. The highest BCUT2D eigenvalue weighted by molar-refractivity contribution is 8.40. The molecular formula is C20H49N5S. The molecular weight excluding hydrogens is 342 g/mol. The summed E-state index contributed by atoms with van der Waals surface area (Å²) in [6.45, 7) is 24.3. The lowest BCUT2D eigenvalue weighted by atomic mass is 9.97. The van der Waals surface area contributed by atoms with Crippen LogP contribution in [-0.2, 0) is 0 Å². The molecule has 0 aromatic rings. The molecule has 1 heterocycles. The smallest absolute Gasteiger partial charge is 0.0127 e. The molecule has 160 valence electrons. The first-order valence-corrected chi connectivity index (χ1v) is 12.9. The van der Waals surface area contributed by atoms with Crippen LogP contribution in [0.4, 0.5) is 0 Å². The van der Waals surface area contributed by atoms with Crippen molar-refractivity contribution in [1.29, 1.82) is 0 Å². The molecule has 0 aliphatic carbocycles. The van der Waals surface area contributed by atoms with Crippen LogP contribution in [0.1, 0.15) is 54.9 Å². The summed E-state index contributed by atoms with van der Waals surface area (Å²) in [6, 6.07) is 0. The van der Waals surface area contributed by atoms with Crippen molar-refractivity contribution in [2.75, 3.05) is 67.0 Å². The van der Waals surface area contributed by atoms with E-state index in [1.807, 2.05) is 0 Å². The maximum absolute atomic E-state index is 2.88. The Hall–Kier alpha value is 0.150. The second kappa shape index (κ2) is 9.57. The van der Waals surface area contributed by atoms with E-state index in [2.05, 4.69) is 91.1 Å². The predicted molar refractivity (Wildman–Crippen MR) is 121 cm³/mol. The number of hydrogen-bond donors (Lipinski definition) is 1. The van der Waals surface area contributed by atoms with Crippen molar-refractivity contribution >= 4 is 10.1 Å². The highest BCUT2D eigenvalue weighted by atomic mass is 32.3. The zero-order valence-corrected chi connectivity index (χ0v) is 20.4. The Morgan fingerprint density at radius 2 is 1.00 bits per heavy atom. The average Bonchev–Trinajstić information content (AvgIpc) is 2.64. The molecule has 5 nitrogen and oxygen atoms in total. The van der Waals surface area contributed by atoms with Crippen molar-refractivity contribution < 1.29 is 0 Å². The van der Waals surface area contributed by atoms with E-state index in [0.717, 1.165) is 44.6 Å². The van der Waals surface area contributed by atoms with Crippen molar-refractivity contribution in [3.63, 3.8) is 0 Å². The Labute approximate surface area is 165 Å². The Kier molecular flexibility index (Phi) is 8.90. The summed E-state index contributed by atoms with van der Waals surface area (Å²) in [7, 11) is 4.30. The number of rotatable bonds is 8. The monoisotopic (exact) mass is 391 g/mol. The summed E-state index contributed by atoms with van der Waals surface area (Å²) in [5.74, 6) is 1.46. The molecule has 1 aliphatic rings. The predicted octanol–water partition coefficient (Wildman–Crippen LogP) is 3.81. The highest BCUT2D eigenvalue weighted by Gasteiger charge is 2.57. The van der Waals surface area contributed by atoms with Gasteiger partial charge in [0.25, 0.3) is 0 Å². The zero-order chi connectivity index (χ0) is 20.1. The molecule has 0 radical (unpaired) electrons.